The summed E-state index contributed by atoms with van der Waals surface area (Å²) in [6, 6.07) is 12.0. The van der Waals surface area contributed by atoms with E-state index < -0.39 is 5.60 Å². The van der Waals surface area contributed by atoms with Crippen LogP contribution in [0.4, 0.5) is 0 Å². The summed E-state index contributed by atoms with van der Waals surface area (Å²) in [6.45, 7) is 5.28. The monoisotopic (exact) mass is 273 g/mol. The summed E-state index contributed by atoms with van der Waals surface area (Å²) in [6.07, 6.45) is 3.47. The molecule has 0 unspecified atom stereocenters. The molecule has 1 heterocycles. The summed E-state index contributed by atoms with van der Waals surface area (Å²) < 4.78 is 1.86. The van der Waals surface area contributed by atoms with Crippen LogP contribution in [-0.4, -0.2) is 27.0 Å². The van der Waals surface area contributed by atoms with Gasteiger partial charge in [0.25, 0.3) is 0 Å². The van der Waals surface area contributed by atoms with Crippen molar-refractivity contribution in [3.8, 4) is 5.69 Å². The summed E-state index contributed by atoms with van der Waals surface area (Å²) in [5.41, 5.74) is 1.42. The average Bonchev–Trinajstić information content (AvgIpc) is 2.97. The third kappa shape index (κ3) is 3.68. The van der Waals surface area contributed by atoms with Crippen LogP contribution in [0.5, 0.6) is 0 Å². The SMILES string of the molecule is CCC(O)(CC)CNCc1ccn(-c2ccccc2)n1. The molecule has 0 atom stereocenters. The smallest absolute Gasteiger partial charge is 0.0766 e. The van der Waals surface area contributed by atoms with Crippen LogP contribution in [0.3, 0.4) is 0 Å². The highest BCUT2D eigenvalue weighted by atomic mass is 16.3. The normalized spacial score (nSPS) is 11.8. The van der Waals surface area contributed by atoms with Gasteiger partial charge in [-0.25, -0.2) is 4.68 Å². The summed E-state index contributed by atoms with van der Waals surface area (Å²) in [4.78, 5) is 0. The Labute approximate surface area is 120 Å². The Bertz CT molecular complexity index is 518. The lowest BCUT2D eigenvalue weighted by atomic mass is 9.98. The Morgan fingerprint density at radius 2 is 1.85 bits per heavy atom. The molecule has 0 amide bonds. The molecule has 20 heavy (non-hydrogen) atoms. The van der Waals surface area contributed by atoms with Gasteiger partial charge in [0.2, 0.25) is 0 Å². The van der Waals surface area contributed by atoms with Crippen molar-refractivity contribution in [1.29, 1.82) is 0 Å². The molecule has 2 N–H and O–H groups in total. The summed E-state index contributed by atoms with van der Waals surface area (Å²) >= 11 is 0. The van der Waals surface area contributed by atoms with Gasteiger partial charge in [-0.2, -0.15) is 5.10 Å². The van der Waals surface area contributed by atoms with Crippen molar-refractivity contribution in [3.63, 3.8) is 0 Å². The second kappa shape index (κ2) is 6.68. The molecule has 0 radical (unpaired) electrons. The predicted octanol–water partition coefficient (Wildman–Crippen LogP) is 2.51. The molecule has 0 aliphatic carbocycles. The fourth-order valence-corrected chi connectivity index (χ4v) is 2.10. The van der Waals surface area contributed by atoms with Gasteiger partial charge in [0.05, 0.1) is 17.0 Å². The van der Waals surface area contributed by atoms with Crippen LogP contribution in [0.15, 0.2) is 42.6 Å². The maximum Gasteiger partial charge on any atom is 0.0766 e. The minimum atomic E-state index is -0.609. The van der Waals surface area contributed by atoms with Crippen molar-refractivity contribution in [3.05, 3.63) is 48.3 Å². The molecule has 0 aliphatic rings. The zero-order valence-corrected chi connectivity index (χ0v) is 12.2. The Balaban J connectivity index is 1.91. The third-order valence-corrected chi connectivity index (χ3v) is 3.74. The highest BCUT2D eigenvalue weighted by Crippen LogP contribution is 2.13. The Morgan fingerprint density at radius 3 is 2.50 bits per heavy atom. The zero-order chi connectivity index (χ0) is 14.4. The van der Waals surface area contributed by atoms with Crippen LogP contribution in [0.25, 0.3) is 5.69 Å². The number of hydrogen-bond acceptors (Lipinski definition) is 3. The molecule has 2 rings (SSSR count). The van der Waals surface area contributed by atoms with E-state index in [0.29, 0.717) is 13.1 Å². The van der Waals surface area contributed by atoms with Gasteiger partial charge in [0.15, 0.2) is 0 Å². The predicted molar refractivity (Wildman–Crippen MR) is 80.8 cm³/mol. The summed E-state index contributed by atoms with van der Waals surface area (Å²) in [7, 11) is 0. The molecule has 1 aromatic heterocycles. The zero-order valence-electron chi connectivity index (χ0n) is 12.2. The fraction of sp³-hybridized carbons (Fsp3) is 0.438. The van der Waals surface area contributed by atoms with Crippen LogP contribution >= 0.6 is 0 Å². The van der Waals surface area contributed by atoms with Crippen molar-refractivity contribution in [1.82, 2.24) is 15.1 Å². The second-order valence-corrected chi connectivity index (χ2v) is 5.12. The Hall–Kier alpha value is -1.65. The number of benzene rings is 1. The van der Waals surface area contributed by atoms with Crippen molar-refractivity contribution in [2.45, 2.75) is 38.8 Å². The number of rotatable bonds is 7. The first-order valence-corrected chi connectivity index (χ1v) is 7.20. The van der Waals surface area contributed by atoms with Crippen LogP contribution in [-0.2, 0) is 6.54 Å². The largest absolute Gasteiger partial charge is 0.389 e. The van der Waals surface area contributed by atoms with Gasteiger partial charge in [0, 0.05) is 19.3 Å². The molecule has 4 nitrogen and oxygen atoms in total. The minimum absolute atomic E-state index is 0.595. The van der Waals surface area contributed by atoms with Crippen LogP contribution in [0, 0.1) is 0 Å². The maximum absolute atomic E-state index is 10.2. The molecule has 108 valence electrons. The number of para-hydroxylation sites is 1. The van der Waals surface area contributed by atoms with Gasteiger partial charge < -0.3 is 10.4 Å². The van der Waals surface area contributed by atoms with Crippen LogP contribution in [0.2, 0.25) is 0 Å². The molecule has 0 saturated carbocycles. The molecule has 0 saturated heterocycles. The molecule has 0 aliphatic heterocycles. The van der Waals surface area contributed by atoms with E-state index >= 15 is 0 Å². The first kappa shape index (κ1) is 14.8. The number of nitrogens with one attached hydrogen (secondary N) is 1. The van der Waals surface area contributed by atoms with Gasteiger partial charge >= 0.3 is 0 Å². The molecule has 1 aromatic carbocycles. The van der Waals surface area contributed by atoms with E-state index in [4.69, 9.17) is 0 Å². The van der Waals surface area contributed by atoms with Gasteiger partial charge in [-0.1, -0.05) is 32.0 Å². The minimum Gasteiger partial charge on any atom is -0.389 e. The van der Waals surface area contributed by atoms with Crippen molar-refractivity contribution >= 4 is 0 Å². The Kier molecular flexibility index (Phi) is 4.93. The summed E-state index contributed by atoms with van der Waals surface area (Å²) in [5, 5.41) is 18.0. The molecular formula is C16H23N3O. The van der Waals surface area contributed by atoms with Gasteiger partial charge in [-0.05, 0) is 31.0 Å². The standard InChI is InChI=1S/C16H23N3O/c1-3-16(20,4-2)13-17-12-14-10-11-19(18-14)15-8-6-5-7-9-15/h5-11,17,20H,3-4,12-13H2,1-2H3. The van der Waals surface area contributed by atoms with Gasteiger partial charge in [-0.3, -0.25) is 0 Å². The second-order valence-electron chi connectivity index (χ2n) is 5.12. The first-order valence-electron chi connectivity index (χ1n) is 7.20. The van der Waals surface area contributed by atoms with E-state index in [2.05, 4.69) is 10.4 Å². The fourth-order valence-electron chi connectivity index (χ4n) is 2.10. The molecule has 2 aromatic rings. The number of aliphatic hydroxyl groups is 1. The van der Waals surface area contributed by atoms with Crippen molar-refractivity contribution < 1.29 is 5.11 Å². The van der Waals surface area contributed by atoms with Gasteiger partial charge in [0.1, 0.15) is 0 Å². The number of hydrogen-bond donors (Lipinski definition) is 2. The van der Waals surface area contributed by atoms with Crippen LogP contribution < -0.4 is 5.32 Å². The lowest BCUT2D eigenvalue weighted by Gasteiger charge is -2.25. The first-order chi connectivity index (χ1) is 9.67. The van der Waals surface area contributed by atoms with Gasteiger partial charge in [-0.15, -0.1) is 0 Å². The molecular weight excluding hydrogens is 250 g/mol. The average molecular weight is 273 g/mol. The highest BCUT2D eigenvalue weighted by Gasteiger charge is 2.21. The van der Waals surface area contributed by atoms with E-state index in [1.807, 2.05) is 61.1 Å². The highest BCUT2D eigenvalue weighted by molar-refractivity contribution is 5.30. The maximum atomic E-state index is 10.2. The van der Waals surface area contributed by atoms with Crippen molar-refractivity contribution in [2.75, 3.05) is 6.54 Å². The van der Waals surface area contributed by atoms with E-state index in [1.165, 1.54) is 0 Å². The molecule has 0 spiro atoms. The topological polar surface area (TPSA) is 50.1 Å². The quantitative estimate of drug-likeness (QED) is 0.815. The lowest BCUT2D eigenvalue weighted by Crippen LogP contribution is -2.39. The third-order valence-electron chi connectivity index (χ3n) is 3.74. The van der Waals surface area contributed by atoms with E-state index in [-0.39, 0.29) is 0 Å². The van der Waals surface area contributed by atoms with E-state index in [9.17, 15) is 5.11 Å². The lowest BCUT2D eigenvalue weighted by molar-refractivity contribution is 0.0322. The molecule has 0 bridgehead atoms. The van der Waals surface area contributed by atoms with Crippen molar-refractivity contribution in [2.24, 2.45) is 0 Å². The number of nitrogens with zero attached hydrogens (tertiary/aromatic N) is 2. The molecule has 4 heteroatoms. The Morgan fingerprint density at radius 1 is 1.15 bits per heavy atom. The molecule has 0 fully saturated rings. The van der Waals surface area contributed by atoms with Crippen LogP contribution in [0.1, 0.15) is 32.4 Å². The van der Waals surface area contributed by atoms with E-state index in [1.54, 1.807) is 0 Å². The number of aromatic nitrogens is 2. The van der Waals surface area contributed by atoms with E-state index in [0.717, 1.165) is 24.2 Å². The summed E-state index contributed by atoms with van der Waals surface area (Å²) in [5.74, 6) is 0.